The van der Waals surface area contributed by atoms with Crippen LogP contribution in [0, 0.1) is 16.0 Å². The average molecular weight is 473 g/mol. The molecule has 35 heavy (non-hydrogen) atoms. The van der Waals surface area contributed by atoms with E-state index >= 15 is 0 Å². The van der Waals surface area contributed by atoms with Crippen molar-refractivity contribution in [2.45, 2.75) is 25.8 Å². The van der Waals surface area contributed by atoms with Crippen LogP contribution >= 0.6 is 0 Å². The molecule has 0 bridgehead atoms. The van der Waals surface area contributed by atoms with Crippen LogP contribution < -0.4 is 9.80 Å². The molecule has 1 unspecified atom stereocenters. The topological polar surface area (TPSA) is 78.6 Å². The number of hydrogen-bond donors (Lipinski definition) is 0. The molecule has 0 N–H and O–H groups in total. The van der Waals surface area contributed by atoms with E-state index in [-0.39, 0.29) is 16.7 Å². The Hall–Kier alpha value is -3.52. The Morgan fingerprint density at radius 3 is 1.97 bits per heavy atom. The van der Waals surface area contributed by atoms with Gasteiger partial charge >= 0.3 is 5.69 Å². The Morgan fingerprint density at radius 1 is 0.857 bits per heavy atom. The predicted octanol–water partition coefficient (Wildman–Crippen LogP) is 4.53. The third kappa shape index (κ3) is 4.98. The molecule has 2 aromatic carbocycles. The average Bonchev–Trinajstić information content (AvgIpc) is 2.90. The first kappa shape index (κ1) is 23.2. The van der Waals surface area contributed by atoms with Gasteiger partial charge in [0.15, 0.2) is 0 Å². The molecule has 2 aliphatic rings. The van der Waals surface area contributed by atoms with Crippen LogP contribution in [-0.2, 0) is 0 Å². The third-order valence-electron chi connectivity index (χ3n) is 7.13. The molecule has 1 atom stereocenters. The zero-order chi connectivity index (χ0) is 24.2. The highest BCUT2D eigenvalue weighted by Gasteiger charge is 2.34. The summed E-state index contributed by atoms with van der Waals surface area (Å²) in [7, 11) is 0. The van der Waals surface area contributed by atoms with Crippen LogP contribution in [0.15, 0.2) is 67.0 Å². The Labute approximate surface area is 206 Å². The molecule has 8 nitrogen and oxygen atoms in total. The summed E-state index contributed by atoms with van der Waals surface area (Å²) < 4.78 is 0. The first-order chi connectivity index (χ1) is 17.1. The number of rotatable bonds is 6. The second-order valence-corrected chi connectivity index (χ2v) is 9.57. The summed E-state index contributed by atoms with van der Waals surface area (Å²) in [6, 6.07) is 21.2. The van der Waals surface area contributed by atoms with Crippen molar-refractivity contribution in [3.8, 4) is 0 Å². The maximum absolute atomic E-state index is 12.2. The van der Waals surface area contributed by atoms with Crippen molar-refractivity contribution in [3.63, 3.8) is 0 Å². The highest BCUT2D eigenvalue weighted by atomic mass is 16.6. The second-order valence-electron chi connectivity index (χ2n) is 9.57. The first-order valence-electron chi connectivity index (χ1n) is 12.4. The largest absolute Gasteiger partial charge is 0.353 e. The summed E-state index contributed by atoms with van der Waals surface area (Å²) in [5.41, 5.74) is 2.54. The lowest BCUT2D eigenvalue weighted by Crippen LogP contribution is -2.48. The predicted molar refractivity (Wildman–Crippen MR) is 138 cm³/mol. The minimum atomic E-state index is -0.299. The van der Waals surface area contributed by atoms with Crippen molar-refractivity contribution in [1.82, 2.24) is 14.9 Å². The van der Waals surface area contributed by atoms with Crippen molar-refractivity contribution < 1.29 is 4.92 Å². The molecule has 3 heterocycles. The van der Waals surface area contributed by atoms with Crippen LogP contribution in [0.3, 0.4) is 0 Å². The molecule has 2 saturated heterocycles. The molecule has 0 amide bonds. The van der Waals surface area contributed by atoms with Crippen LogP contribution in [0.2, 0.25) is 0 Å². The molecule has 8 heteroatoms. The quantitative estimate of drug-likeness (QED) is 0.385. The van der Waals surface area contributed by atoms with Gasteiger partial charge in [0.2, 0.25) is 11.6 Å². The Morgan fingerprint density at radius 2 is 1.43 bits per heavy atom. The molecule has 182 valence electrons. The van der Waals surface area contributed by atoms with E-state index in [4.69, 9.17) is 0 Å². The zero-order valence-corrected chi connectivity index (χ0v) is 20.2. The summed E-state index contributed by atoms with van der Waals surface area (Å²) in [6.07, 6.45) is 3.66. The van der Waals surface area contributed by atoms with E-state index < -0.39 is 0 Å². The Bertz CT molecular complexity index is 1100. The molecule has 0 spiro atoms. The SMILES string of the molecule is CC1CCCN(c2ncnc(N3CCN(C(c4ccccc4)c4ccccc4)CC3)c2[N+](=O)[O-])C1. The molecular weight excluding hydrogens is 440 g/mol. The van der Waals surface area contributed by atoms with Gasteiger partial charge in [0.25, 0.3) is 0 Å². The summed E-state index contributed by atoms with van der Waals surface area (Å²) in [5.74, 6) is 1.40. The third-order valence-corrected chi connectivity index (χ3v) is 7.13. The minimum absolute atomic E-state index is 0.0396. The van der Waals surface area contributed by atoms with E-state index in [0.717, 1.165) is 39.0 Å². The van der Waals surface area contributed by atoms with E-state index in [1.54, 1.807) is 0 Å². The minimum Gasteiger partial charge on any atom is -0.350 e. The van der Waals surface area contributed by atoms with E-state index in [9.17, 15) is 10.1 Å². The van der Waals surface area contributed by atoms with E-state index in [1.807, 2.05) is 12.1 Å². The van der Waals surface area contributed by atoms with Crippen LogP contribution in [0.25, 0.3) is 0 Å². The van der Waals surface area contributed by atoms with Gasteiger partial charge in [-0.2, -0.15) is 0 Å². The van der Waals surface area contributed by atoms with Gasteiger partial charge in [0.1, 0.15) is 6.33 Å². The molecule has 0 saturated carbocycles. The maximum atomic E-state index is 12.2. The summed E-state index contributed by atoms with van der Waals surface area (Å²) in [5, 5.41) is 12.2. The highest BCUT2D eigenvalue weighted by Crippen LogP contribution is 2.37. The molecular formula is C27H32N6O2. The maximum Gasteiger partial charge on any atom is 0.353 e. The van der Waals surface area contributed by atoms with Gasteiger partial charge in [-0.1, -0.05) is 67.6 Å². The second kappa shape index (κ2) is 10.4. The van der Waals surface area contributed by atoms with E-state index in [1.165, 1.54) is 17.5 Å². The molecule has 5 rings (SSSR count). The lowest BCUT2D eigenvalue weighted by atomic mass is 9.96. The van der Waals surface area contributed by atoms with Gasteiger partial charge in [0.05, 0.1) is 11.0 Å². The fraction of sp³-hybridized carbons (Fsp3) is 0.407. The Kier molecular flexibility index (Phi) is 6.90. The van der Waals surface area contributed by atoms with Crippen molar-refractivity contribution in [2.75, 3.05) is 49.1 Å². The molecule has 0 aliphatic carbocycles. The van der Waals surface area contributed by atoms with Crippen molar-refractivity contribution in [3.05, 3.63) is 88.2 Å². The van der Waals surface area contributed by atoms with Crippen LogP contribution in [0.5, 0.6) is 0 Å². The smallest absolute Gasteiger partial charge is 0.350 e. The van der Waals surface area contributed by atoms with Crippen LogP contribution in [0.1, 0.15) is 36.9 Å². The van der Waals surface area contributed by atoms with Gasteiger partial charge in [-0.05, 0) is 29.9 Å². The van der Waals surface area contributed by atoms with Crippen molar-refractivity contribution in [1.29, 1.82) is 0 Å². The number of nitrogens with zero attached hydrogens (tertiary/aromatic N) is 6. The normalized spacial score (nSPS) is 19.2. The number of nitro groups is 1. The van der Waals surface area contributed by atoms with Gasteiger partial charge in [0, 0.05) is 39.3 Å². The van der Waals surface area contributed by atoms with Crippen LogP contribution in [0.4, 0.5) is 17.3 Å². The van der Waals surface area contributed by atoms with Crippen molar-refractivity contribution in [2.24, 2.45) is 5.92 Å². The molecule has 2 aliphatic heterocycles. The molecule has 3 aromatic rings. The number of benzene rings is 2. The van der Waals surface area contributed by atoms with E-state index in [0.29, 0.717) is 30.6 Å². The van der Waals surface area contributed by atoms with Gasteiger partial charge in [-0.25, -0.2) is 9.97 Å². The fourth-order valence-corrected chi connectivity index (χ4v) is 5.45. The first-order valence-corrected chi connectivity index (χ1v) is 12.4. The molecule has 0 radical (unpaired) electrons. The fourth-order valence-electron chi connectivity index (χ4n) is 5.45. The lowest BCUT2D eigenvalue weighted by molar-refractivity contribution is -0.383. The van der Waals surface area contributed by atoms with Crippen LogP contribution in [-0.4, -0.2) is 59.1 Å². The monoisotopic (exact) mass is 472 g/mol. The molecule has 2 fully saturated rings. The Balaban J connectivity index is 1.39. The standard InChI is InChI=1S/C27H32N6O2/c1-21-9-8-14-32(19-21)27-25(33(34)35)26(28-20-29-27)31-17-15-30(16-18-31)24(22-10-4-2-5-11-22)23-12-6-3-7-13-23/h2-7,10-13,20-21,24H,8-9,14-19H2,1H3. The summed E-state index contributed by atoms with van der Waals surface area (Å²) in [6.45, 7) is 6.69. The number of piperidine rings is 1. The van der Waals surface area contributed by atoms with Gasteiger partial charge in [-0.15, -0.1) is 0 Å². The molecule has 1 aromatic heterocycles. The summed E-state index contributed by atoms with van der Waals surface area (Å²) in [4.78, 5) is 27.3. The zero-order valence-electron chi connectivity index (χ0n) is 20.2. The van der Waals surface area contributed by atoms with Crippen molar-refractivity contribution >= 4 is 17.3 Å². The summed E-state index contributed by atoms with van der Waals surface area (Å²) >= 11 is 0. The number of piperazine rings is 1. The van der Waals surface area contributed by atoms with E-state index in [2.05, 4.69) is 80.1 Å². The van der Waals surface area contributed by atoms with Gasteiger partial charge in [-0.3, -0.25) is 15.0 Å². The number of anilines is 2. The highest BCUT2D eigenvalue weighted by molar-refractivity contribution is 5.71. The van der Waals surface area contributed by atoms with Gasteiger partial charge < -0.3 is 9.80 Å². The number of aromatic nitrogens is 2. The lowest BCUT2D eigenvalue weighted by Gasteiger charge is -2.40. The number of hydrogen-bond acceptors (Lipinski definition) is 7.